The van der Waals surface area contributed by atoms with Crippen molar-refractivity contribution < 1.29 is 24.2 Å². The molecule has 2 saturated carbocycles. The molecule has 1 amide bonds. The molecule has 2 N–H and O–H groups in total. The first kappa shape index (κ1) is 15.0. The van der Waals surface area contributed by atoms with E-state index in [1.807, 2.05) is 0 Å². The van der Waals surface area contributed by atoms with E-state index in [-0.39, 0.29) is 17.7 Å². The lowest BCUT2D eigenvalue weighted by atomic mass is 9.78. The van der Waals surface area contributed by atoms with E-state index < -0.39 is 23.8 Å². The van der Waals surface area contributed by atoms with Gasteiger partial charge in [0.2, 0.25) is 5.91 Å². The molecule has 0 unspecified atom stereocenters. The number of ether oxygens (including phenoxy) is 1. The number of carbonyl (C=O) groups is 3. The highest BCUT2D eigenvalue weighted by atomic mass is 32.1. The van der Waals surface area contributed by atoms with Crippen LogP contribution >= 0.6 is 11.3 Å². The SMILES string of the molecule is COC(=O)c1sccc1NC(=O)[C@H]1[C@H]2CC[C@@H](C2)[C@H]1C(=O)O. The Bertz CT molecular complexity index is 625. The van der Waals surface area contributed by atoms with E-state index in [0.717, 1.165) is 19.3 Å². The molecule has 0 saturated heterocycles. The summed E-state index contributed by atoms with van der Waals surface area (Å²) in [6, 6.07) is 1.64. The molecule has 4 atom stereocenters. The lowest BCUT2D eigenvalue weighted by Crippen LogP contribution is -2.38. The van der Waals surface area contributed by atoms with E-state index in [4.69, 9.17) is 0 Å². The molecular formula is C15H17NO5S. The first-order valence-electron chi connectivity index (χ1n) is 7.22. The molecule has 2 aliphatic carbocycles. The maximum Gasteiger partial charge on any atom is 0.350 e. The van der Waals surface area contributed by atoms with Crippen LogP contribution in [0.15, 0.2) is 11.4 Å². The van der Waals surface area contributed by atoms with Crippen LogP contribution in [0.2, 0.25) is 0 Å². The van der Waals surface area contributed by atoms with Gasteiger partial charge < -0.3 is 15.2 Å². The van der Waals surface area contributed by atoms with Crippen LogP contribution in [0.25, 0.3) is 0 Å². The third kappa shape index (κ3) is 2.39. The molecule has 0 radical (unpaired) electrons. The van der Waals surface area contributed by atoms with Crippen molar-refractivity contribution >= 4 is 34.9 Å². The topological polar surface area (TPSA) is 92.7 Å². The maximum atomic E-state index is 12.6. The summed E-state index contributed by atoms with van der Waals surface area (Å²) in [6.45, 7) is 0. The van der Waals surface area contributed by atoms with Gasteiger partial charge in [-0.1, -0.05) is 0 Å². The Morgan fingerprint density at radius 1 is 1.27 bits per heavy atom. The molecule has 1 heterocycles. The Balaban J connectivity index is 1.79. The van der Waals surface area contributed by atoms with Crippen LogP contribution in [-0.4, -0.2) is 30.1 Å². The zero-order chi connectivity index (χ0) is 15.9. The number of nitrogens with one attached hydrogen (secondary N) is 1. The molecule has 1 aromatic heterocycles. The Morgan fingerprint density at radius 3 is 2.59 bits per heavy atom. The second-order valence-corrected chi connectivity index (χ2v) is 6.78. The molecule has 22 heavy (non-hydrogen) atoms. The van der Waals surface area contributed by atoms with E-state index >= 15 is 0 Å². The summed E-state index contributed by atoms with van der Waals surface area (Å²) in [6.07, 6.45) is 2.60. The van der Waals surface area contributed by atoms with Crippen molar-refractivity contribution in [2.45, 2.75) is 19.3 Å². The number of anilines is 1. The number of aliphatic carboxylic acids is 1. The van der Waals surface area contributed by atoms with Crippen molar-refractivity contribution in [3.8, 4) is 0 Å². The highest BCUT2D eigenvalue weighted by molar-refractivity contribution is 7.12. The molecular weight excluding hydrogens is 306 g/mol. The van der Waals surface area contributed by atoms with Crippen molar-refractivity contribution in [2.75, 3.05) is 12.4 Å². The van der Waals surface area contributed by atoms with Crippen LogP contribution in [0.4, 0.5) is 5.69 Å². The predicted molar refractivity (Wildman–Crippen MR) is 79.7 cm³/mol. The molecule has 118 valence electrons. The van der Waals surface area contributed by atoms with Gasteiger partial charge in [-0.25, -0.2) is 4.79 Å². The number of carbonyl (C=O) groups excluding carboxylic acids is 2. The fourth-order valence-electron chi connectivity index (χ4n) is 3.90. The zero-order valence-corrected chi connectivity index (χ0v) is 12.9. The molecule has 2 fully saturated rings. The lowest BCUT2D eigenvalue weighted by Gasteiger charge is -2.27. The highest BCUT2D eigenvalue weighted by Gasteiger charge is 2.54. The van der Waals surface area contributed by atoms with Crippen LogP contribution < -0.4 is 5.32 Å². The van der Waals surface area contributed by atoms with E-state index in [2.05, 4.69) is 10.1 Å². The summed E-state index contributed by atoms with van der Waals surface area (Å²) in [5.41, 5.74) is 0.397. The average Bonchev–Trinajstić information content (AvgIpc) is 3.20. The van der Waals surface area contributed by atoms with Gasteiger partial charge in [0.1, 0.15) is 4.88 Å². The molecule has 2 aliphatic rings. The number of thiophene rings is 1. The third-order valence-corrected chi connectivity index (χ3v) is 5.69. The Labute approximate surface area is 131 Å². The maximum absolute atomic E-state index is 12.6. The molecule has 0 spiro atoms. The number of esters is 1. The van der Waals surface area contributed by atoms with Crippen molar-refractivity contribution in [3.63, 3.8) is 0 Å². The number of fused-ring (bicyclic) bond motifs is 2. The summed E-state index contributed by atoms with van der Waals surface area (Å²) in [7, 11) is 1.28. The van der Waals surface area contributed by atoms with E-state index in [0.29, 0.717) is 10.6 Å². The standard InChI is InChI=1S/C15H17NO5S/c1-21-15(20)12-9(4-5-22-12)16-13(17)10-7-2-3-8(6-7)11(10)14(18)19/h4-5,7-8,10-11H,2-3,6H2,1H3,(H,16,17)(H,18,19)/t7-,8-,10-,11+/m0/s1. The second kappa shape index (κ2) is 5.72. The van der Waals surface area contributed by atoms with Crippen molar-refractivity contribution in [2.24, 2.45) is 23.7 Å². The van der Waals surface area contributed by atoms with Gasteiger partial charge in [0.15, 0.2) is 0 Å². The van der Waals surface area contributed by atoms with Gasteiger partial charge in [-0.2, -0.15) is 0 Å². The smallest absolute Gasteiger partial charge is 0.350 e. The molecule has 7 heteroatoms. The molecule has 0 aliphatic heterocycles. The van der Waals surface area contributed by atoms with Gasteiger partial charge in [0.25, 0.3) is 0 Å². The van der Waals surface area contributed by atoms with Gasteiger partial charge in [-0.3, -0.25) is 9.59 Å². The third-order valence-electron chi connectivity index (χ3n) is 4.80. The number of hydrogen-bond acceptors (Lipinski definition) is 5. The summed E-state index contributed by atoms with van der Waals surface area (Å²) in [4.78, 5) is 36.0. The Kier molecular flexibility index (Phi) is 3.90. The minimum absolute atomic E-state index is 0.0980. The molecule has 6 nitrogen and oxygen atoms in total. The fourth-order valence-corrected chi connectivity index (χ4v) is 4.66. The summed E-state index contributed by atoms with van der Waals surface area (Å²) >= 11 is 1.18. The van der Waals surface area contributed by atoms with Crippen LogP contribution in [0.5, 0.6) is 0 Å². The van der Waals surface area contributed by atoms with Gasteiger partial charge in [0, 0.05) is 0 Å². The number of methoxy groups -OCH3 is 1. The van der Waals surface area contributed by atoms with Gasteiger partial charge in [0.05, 0.1) is 24.6 Å². The number of rotatable bonds is 4. The zero-order valence-electron chi connectivity index (χ0n) is 12.1. The number of carboxylic acids is 1. The normalized spacial score (nSPS) is 29.3. The van der Waals surface area contributed by atoms with Gasteiger partial charge in [-0.15, -0.1) is 11.3 Å². The lowest BCUT2D eigenvalue weighted by molar-refractivity contribution is -0.148. The van der Waals surface area contributed by atoms with Crippen molar-refractivity contribution in [3.05, 3.63) is 16.3 Å². The van der Waals surface area contributed by atoms with Crippen LogP contribution in [0.3, 0.4) is 0 Å². The summed E-state index contributed by atoms with van der Waals surface area (Å²) in [5.74, 6) is -2.60. The predicted octanol–water partition coefficient (Wildman–Crippen LogP) is 2.22. The van der Waals surface area contributed by atoms with E-state index in [1.54, 1.807) is 11.4 Å². The molecule has 1 aromatic rings. The van der Waals surface area contributed by atoms with E-state index in [1.165, 1.54) is 18.4 Å². The molecule has 0 aromatic carbocycles. The molecule has 2 bridgehead atoms. The highest BCUT2D eigenvalue weighted by Crippen LogP contribution is 2.52. The van der Waals surface area contributed by atoms with Gasteiger partial charge >= 0.3 is 11.9 Å². The quantitative estimate of drug-likeness (QED) is 0.829. The van der Waals surface area contributed by atoms with E-state index in [9.17, 15) is 19.5 Å². The largest absolute Gasteiger partial charge is 0.481 e. The van der Waals surface area contributed by atoms with Crippen LogP contribution in [0, 0.1) is 23.7 Å². The fraction of sp³-hybridized carbons (Fsp3) is 0.533. The minimum Gasteiger partial charge on any atom is -0.481 e. The Hall–Kier alpha value is -1.89. The first-order valence-corrected chi connectivity index (χ1v) is 8.10. The Morgan fingerprint density at radius 2 is 1.95 bits per heavy atom. The second-order valence-electron chi connectivity index (χ2n) is 5.87. The number of carboxylic acid groups (broad SMARTS) is 1. The number of hydrogen-bond donors (Lipinski definition) is 2. The summed E-state index contributed by atoms with van der Waals surface area (Å²) in [5, 5.41) is 13.8. The van der Waals surface area contributed by atoms with Crippen LogP contribution in [-0.2, 0) is 14.3 Å². The minimum atomic E-state index is -0.897. The van der Waals surface area contributed by atoms with Crippen molar-refractivity contribution in [1.82, 2.24) is 0 Å². The molecule has 3 rings (SSSR count). The summed E-state index contributed by atoms with van der Waals surface area (Å²) < 4.78 is 4.68. The van der Waals surface area contributed by atoms with Crippen molar-refractivity contribution in [1.29, 1.82) is 0 Å². The number of amides is 1. The van der Waals surface area contributed by atoms with Gasteiger partial charge in [-0.05, 0) is 42.5 Å². The first-order chi connectivity index (χ1) is 10.5. The van der Waals surface area contributed by atoms with Crippen LogP contribution in [0.1, 0.15) is 28.9 Å². The average molecular weight is 323 g/mol. The monoisotopic (exact) mass is 323 g/mol.